The highest BCUT2D eigenvalue weighted by Gasteiger charge is 2.31. The molecule has 3 aromatic rings. The summed E-state index contributed by atoms with van der Waals surface area (Å²) < 4.78 is 4.37. The Bertz CT molecular complexity index is 906. The molecule has 1 saturated heterocycles. The highest BCUT2D eigenvalue weighted by molar-refractivity contribution is 5.53. The highest BCUT2D eigenvalue weighted by atomic mass is 15.2. The Morgan fingerprint density at radius 3 is 3.00 bits per heavy atom. The van der Waals surface area contributed by atoms with E-state index in [0.717, 1.165) is 19.5 Å². The summed E-state index contributed by atoms with van der Waals surface area (Å²) in [5.41, 5.74) is 5.36. The average Bonchev–Trinajstić information content (AvgIpc) is 3.34. The quantitative estimate of drug-likeness (QED) is 0.737. The zero-order chi connectivity index (χ0) is 16.8. The number of nitrogens with zero attached hydrogens (tertiary/aromatic N) is 5. The van der Waals surface area contributed by atoms with Gasteiger partial charge in [-0.2, -0.15) is 5.10 Å². The van der Waals surface area contributed by atoms with Gasteiger partial charge in [0.2, 0.25) is 0 Å². The average molecular weight is 335 g/mol. The van der Waals surface area contributed by atoms with Crippen molar-refractivity contribution in [3.63, 3.8) is 0 Å². The lowest BCUT2D eigenvalue weighted by molar-refractivity contribution is 0.237. The summed E-state index contributed by atoms with van der Waals surface area (Å²) in [5, 5.41) is 4.50. The number of hydrogen-bond donors (Lipinski definition) is 0. The lowest BCUT2D eigenvalue weighted by Gasteiger charge is -2.24. The van der Waals surface area contributed by atoms with Crippen LogP contribution in [0.4, 0.5) is 0 Å². The molecule has 0 amide bonds. The Kier molecular flexibility index (Phi) is 3.63. The first-order valence-electron chi connectivity index (χ1n) is 9.51. The van der Waals surface area contributed by atoms with E-state index < -0.39 is 0 Å². The molecule has 5 nitrogen and oxygen atoms in total. The minimum absolute atomic E-state index is 0.439. The van der Waals surface area contributed by atoms with Crippen LogP contribution in [0, 0.1) is 0 Å². The molecule has 25 heavy (non-hydrogen) atoms. The predicted molar refractivity (Wildman–Crippen MR) is 97.4 cm³/mol. The molecule has 0 spiro atoms. The lowest BCUT2D eigenvalue weighted by atomic mass is 10.0. The highest BCUT2D eigenvalue weighted by Crippen LogP contribution is 2.35. The Morgan fingerprint density at radius 1 is 1.16 bits per heavy atom. The molecule has 5 rings (SSSR count). The topological polar surface area (TPSA) is 38.4 Å². The van der Waals surface area contributed by atoms with Crippen LogP contribution in [-0.4, -0.2) is 30.6 Å². The number of pyridine rings is 1. The summed E-state index contributed by atoms with van der Waals surface area (Å²) in [7, 11) is 2.22. The van der Waals surface area contributed by atoms with Gasteiger partial charge < -0.3 is 4.57 Å². The number of imidazole rings is 1. The second kappa shape index (κ2) is 5.99. The molecular weight excluding hydrogens is 310 g/mol. The number of likely N-dealkylation sites (tertiary alicyclic amines) is 1. The van der Waals surface area contributed by atoms with Gasteiger partial charge in [-0.15, -0.1) is 0 Å². The Hall–Kier alpha value is -2.14. The van der Waals surface area contributed by atoms with Gasteiger partial charge in [0.15, 0.2) is 0 Å². The van der Waals surface area contributed by atoms with Gasteiger partial charge in [-0.1, -0.05) is 6.07 Å². The van der Waals surface area contributed by atoms with Gasteiger partial charge in [0.05, 0.1) is 23.4 Å². The van der Waals surface area contributed by atoms with Crippen LogP contribution in [0.15, 0.2) is 30.6 Å². The van der Waals surface area contributed by atoms with Crippen molar-refractivity contribution in [3.8, 4) is 0 Å². The molecule has 130 valence electrons. The number of hydrogen-bond acceptors (Lipinski definition) is 3. The second-order valence-corrected chi connectivity index (χ2v) is 7.46. The number of aryl methyl sites for hydroxylation is 1. The van der Waals surface area contributed by atoms with Crippen LogP contribution in [0.1, 0.15) is 54.5 Å². The maximum absolute atomic E-state index is 5.07. The molecule has 1 fully saturated rings. The van der Waals surface area contributed by atoms with Gasteiger partial charge in [0.25, 0.3) is 0 Å². The van der Waals surface area contributed by atoms with Gasteiger partial charge in [-0.3, -0.25) is 4.90 Å². The molecule has 1 aliphatic heterocycles. The fraction of sp³-hybridized carbons (Fsp3) is 0.500. The molecule has 5 heteroatoms. The third kappa shape index (κ3) is 2.49. The van der Waals surface area contributed by atoms with E-state index in [0.29, 0.717) is 6.04 Å². The molecule has 0 aromatic carbocycles. The van der Waals surface area contributed by atoms with E-state index >= 15 is 0 Å². The molecule has 0 N–H and O–H groups in total. The standard InChI is InChI=1S/C20H25N5/c1-23-18-9-3-2-7-16(18)22-20(23)19-10-6-11-24(19)14-15-13-21-25-12-5-4-8-17(15)25/h4-5,8,12-13,19H,2-3,6-7,9-11,14H2,1H3/t19-/m0/s1. The maximum atomic E-state index is 5.07. The van der Waals surface area contributed by atoms with Crippen molar-refractivity contribution in [1.29, 1.82) is 0 Å². The fourth-order valence-corrected chi connectivity index (χ4v) is 4.64. The fourth-order valence-electron chi connectivity index (χ4n) is 4.64. The first kappa shape index (κ1) is 15.1. The monoisotopic (exact) mass is 335 g/mol. The van der Waals surface area contributed by atoms with Gasteiger partial charge in [0.1, 0.15) is 5.82 Å². The Balaban J connectivity index is 1.45. The van der Waals surface area contributed by atoms with E-state index in [4.69, 9.17) is 4.98 Å². The molecule has 3 aromatic heterocycles. The van der Waals surface area contributed by atoms with Crippen molar-refractivity contribution >= 4 is 5.52 Å². The molecule has 1 aliphatic carbocycles. The van der Waals surface area contributed by atoms with Crippen LogP contribution >= 0.6 is 0 Å². The zero-order valence-electron chi connectivity index (χ0n) is 14.9. The first-order valence-corrected chi connectivity index (χ1v) is 9.51. The third-order valence-corrected chi connectivity index (χ3v) is 5.95. The van der Waals surface area contributed by atoms with Crippen LogP contribution in [0.2, 0.25) is 0 Å². The van der Waals surface area contributed by atoms with Gasteiger partial charge in [-0.05, 0) is 57.2 Å². The summed E-state index contributed by atoms with van der Waals surface area (Å²) in [6, 6.07) is 6.72. The van der Waals surface area contributed by atoms with Crippen LogP contribution in [0.5, 0.6) is 0 Å². The molecular formula is C20H25N5. The van der Waals surface area contributed by atoms with Gasteiger partial charge in [-0.25, -0.2) is 9.50 Å². The van der Waals surface area contributed by atoms with Crippen molar-refractivity contribution in [2.75, 3.05) is 6.54 Å². The Morgan fingerprint density at radius 2 is 2.08 bits per heavy atom. The SMILES string of the molecule is Cn1c([C@@H]2CCCN2Cc2cnn3ccccc23)nc2c1CCCC2. The van der Waals surface area contributed by atoms with Crippen molar-refractivity contribution in [2.45, 2.75) is 51.1 Å². The van der Waals surface area contributed by atoms with Crippen molar-refractivity contribution in [1.82, 2.24) is 24.1 Å². The number of aromatic nitrogens is 4. The summed E-state index contributed by atoms with van der Waals surface area (Å²) >= 11 is 0. The summed E-state index contributed by atoms with van der Waals surface area (Å²) in [5.74, 6) is 1.28. The molecule has 1 atom stereocenters. The van der Waals surface area contributed by atoms with Gasteiger partial charge in [0, 0.05) is 31.0 Å². The zero-order valence-corrected chi connectivity index (χ0v) is 14.9. The van der Waals surface area contributed by atoms with E-state index in [1.165, 1.54) is 60.4 Å². The minimum atomic E-state index is 0.439. The van der Waals surface area contributed by atoms with Crippen LogP contribution < -0.4 is 0 Å². The minimum Gasteiger partial charge on any atom is -0.334 e. The van der Waals surface area contributed by atoms with Crippen LogP contribution in [0.3, 0.4) is 0 Å². The largest absolute Gasteiger partial charge is 0.334 e. The van der Waals surface area contributed by atoms with Crippen molar-refractivity contribution in [3.05, 3.63) is 53.4 Å². The van der Waals surface area contributed by atoms with Crippen molar-refractivity contribution in [2.24, 2.45) is 7.05 Å². The molecule has 4 heterocycles. The summed E-state index contributed by atoms with van der Waals surface area (Å²) in [6.07, 6.45) is 11.5. The smallest absolute Gasteiger partial charge is 0.126 e. The van der Waals surface area contributed by atoms with Crippen molar-refractivity contribution < 1.29 is 0 Å². The van der Waals surface area contributed by atoms with E-state index in [2.05, 4.69) is 33.7 Å². The normalized spacial score (nSPS) is 21.1. The van der Waals surface area contributed by atoms with E-state index in [1.54, 1.807) is 0 Å². The maximum Gasteiger partial charge on any atom is 0.126 e. The molecule has 0 radical (unpaired) electrons. The third-order valence-electron chi connectivity index (χ3n) is 5.95. The lowest BCUT2D eigenvalue weighted by Crippen LogP contribution is -2.25. The molecule has 0 saturated carbocycles. The molecule has 0 unspecified atom stereocenters. The molecule has 2 aliphatic rings. The summed E-state index contributed by atoms with van der Waals surface area (Å²) in [6.45, 7) is 2.10. The van der Waals surface area contributed by atoms with E-state index in [1.807, 2.05) is 23.0 Å². The first-order chi connectivity index (χ1) is 12.3. The Labute approximate surface area is 148 Å². The predicted octanol–water partition coefficient (Wildman–Crippen LogP) is 3.28. The summed E-state index contributed by atoms with van der Waals surface area (Å²) in [4.78, 5) is 7.67. The number of fused-ring (bicyclic) bond motifs is 2. The second-order valence-electron chi connectivity index (χ2n) is 7.46. The van der Waals surface area contributed by atoms with E-state index in [-0.39, 0.29) is 0 Å². The van der Waals surface area contributed by atoms with E-state index in [9.17, 15) is 0 Å². The van der Waals surface area contributed by atoms with Crippen LogP contribution in [0.25, 0.3) is 5.52 Å². The van der Waals surface area contributed by atoms with Crippen LogP contribution in [-0.2, 0) is 26.4 Å². The number of rotatable bonds is 3. The van der Waals surface area contributed by atoms with Gasteiger partial charge >= 0.3 is 0 Å². The molecule has 0 bridgehead atoms.